The molecule has 0 aliphatic carbocycles. The number of aryl methyl sites for hydroxylation is 1. The summed E-state index contributed by atoms with van der Waals surface area (Å²) in [5.74, 6) is 0.601. The van der Waals surface area contributed by atoms with Crippen molar-refractivity contribution in [2.45, 2.75) is 11.8 Å². The lowest BCUT2D eigenvalue weighted by atomic mass is 10.3. The van der Waals surface area contributed by atoms with Gasteiger partial charge in [0.15, 0.2) is 0 Å². The summed E-state index contributed by atoms with van der Waals surface area (Å²) in [6.45, 7) is 2.01. The number of nitrogens with zero attached hydrogens (tertiary/aromatic N) is 1. The molecule has 1 aromatic carbocycles. The number of H-pyrrole nitrogens is 1. The van der Waals surface area contributed by atoms with E-state index in [1.807, 2.05) is 0 Å². The first-order chi connectivity index (χ1) is 9.49. The Morgan fingerprint density at radius 1 is 1.45 bits per heavy atom. The predicted octanol–water partition coefficient (Wildman–Crippen LogP) is 0.658. The molecule has 0 bridgehead atoms. The molecule has 0 amide bonds. The van der Waals surface area contributed by atoms with Gasteiger partial charge in [0, 0.05) is 18.3 Å². The van der Waals surface area contributed by atoms with Crippen molar-refractivity contribution >= 4 is 15.7 Å². The summed E-state index contributed by atoms with van der Waals surface area (Å²) >= 11 is 0. The fraction of sp³-hybridized carbons (Fsp3) is 0.250. The first kappa shape index (κ1) is 14.4. The van der Waals surface area contributed by atoms with Crippen LogP contribution in [0.1, 0.15) is 5.69 Å². The summed E-state index contributed by atoms with van der Waals surface area (Å²) in [5.41, 5.74) is 6.70. The molecule has 0 saturated carbocycles. The number of aromatic nitrogens is 2. The summed E-state index contributed by atoms with van der Waals surface area (Å²) in [4.78, 5) is 0.140. The lowest BCUT2D eigenvalue weighted by Gasteiger charge is -2.08. The maximum Gasteiger partial charge on any atom is 0.244 e. The molecule has 4 N–H and O–H groups in total. The van der Waals surface area contributed by atoms with Gasteiger partial charge in [-0.3, -0.25) is 5.10 Å². The minimum absolute atomic E-state index is 0.140. The molecular formula is C12H16N4O3S. The number of hydrogen-bond acceptors (Lipinski definition) is 5. The first-order valence-electron chi connectivity index (χ1n) is 5.97. The van der Waals surface area contributed by atoms with Crippen LogP contribution in [0.3, 0.4) is 0 Å². The number of benzene rings is 1. The Morgan fingerprint density at radius 2 is 2.25 bits per heavy atom. The van der Waals surface area contributed by atoms with E-state index in [9.17, 15) is 8.42 Å². The van der Waals surface area contributed by atoms with Crippen molar-refractivity contribution < 1.29 is 13.2 Å². The normalized spacial score (nSPS) is 11.4. The fourth-order valence-electron chi connectivity index (χ4n) is 1.64. The molecule has 108 valence electrons. The largest absolute Gasteiger partial charge is 0.492 e. The van der Waals surface area contributed by atoms with Crippen molar-refractivity contribution in [1.29, 1.82) is 0 Å². The molecule has 0 spiro atoms. The van der Waals surface area contributed by atoms with Gasteiger partial charge in [-0.05, 0) is 19.1 Å². The molecule has 7 nitrogen and oxygen atoms in total. The molecule has 1 heterocycles. The standard InChI is InChI=1S/C12H16N4O3S/c1-9-12(8-14-16-9)20(17,18)15-5-6-19-11-4-2-3-10(13)7-11/h2-4,7-8,15H,5-6,13H2,1H3,(H,14,16). The van der Waals surface area contributed by atoms with Gasteiger partial charge in [0.2, 0.25) is 10.0 Å². The fourth-order valence-corrected chi connectivity index (χ4v) is 2.79. The quantitative estimate of drug-likeness (QED) is 0.535. The van der Waals surface area contributed by atoms with Gasteiger partial charge >= 0.3 is 0 Å². The van der Waals surface area contributed by atoms with E-state index in [2.05, 4.69) is 14.9 Å². The number of sulfonamides is 1. The highest BCUT2D eigenvalue weighted by Gasteiger charge is 2.17. The smallest absolute Gasteiger partial charge is 0.244 e. The highest BCUT2D eigenvalue weighted by Crippen LogP contribution is 2.14. The second-order valence-corrected chi connectivity index (χ2v) is 5.91. The van der Waals surface area contributed by atoms with E-state index in [0.29, 0.717) is 17.1 Å². The third-order valence-corrected chi connectivity index (χ3v) is 4.17. The molecule has 2 rings (SSSR count). The molecule has 20 heavy (non-hydrogen) atoms. The zero-order valence-electron chi connectivity index (χ0n) is 11.0. The van der Waals surface area contributed by atoms with Crippen LogP contribution in [-0.2, 0) is 10.0 Å². The number of nitrogens with one attached hydrogen (secondary N) is 2. The van der Waals surface area contributed by atoms with Crippen LogP contribution < -0.4 is 15.2 Å². The number of nitrogen functional groups attached to an aromatic ring is 1. The Hall–Kier alpha value is -2.06. The van der Waals surface area contributed by atoms with Crippen LogP contribution in [0.15, 0.2) is 35.4 Å². The molecule has 0 atom stereocenters. The summed E-state index contributed by atoms with van der Waals surface area (Å²) < 4.78 is 31.7. The Kier molecular flexibility index (Phi) is 4.26. The maximum atomic E-state index is 11.9. The minimum atomic E-state index is -3.56. The van der Waals surface area contributed by atoms with Gasteiger partial charge in [0.05, 0.1) is 11.9 Å². The van der Waals surface area contributed by atoms with E-state index in [1.165, 1.54) is 6.20 Å². The first-order valence-corrected chi connectivity index (χ1v) is 7.45. The van der Waals surface area contributed by atoms with E-state index in [4.69, 9.17) is 10.5 Å². The second kappa shape index (κ2) is 5.93. The number of hydrogen-bond donors (Lipinski definition) is 3. The third kappa shape index (κ3) is 3.49. The van der Waals surface area contributed by atoms with Gasteiger partial charge in [-0.2, -0.15) is 5.10 Å². The molecule has 2 aromatic rings. The molecule has 8 heteroatoms. The lowest BCUT2D eigenvalue weighted by Crippen LogP contribution is -2.28. The molecule has 0 unspecified atom stereocenters. The van der Waals surface area contributed by atoms with Gasteiger partial charge in [0.25, 0.3) is 0 Å². The Bertz CT molecular complexity index is 682. The van der Waals surface area contributed by atoms with E-state index in [1.54, 1.807) is 31.2 Å². The minimum Gasteiger partial charge on any atom is -0.492 e. The van der Waals surface area contributed by atoms with Crippen molar-refractivity contribution in [3.8, 4) is 5.75 Å². The highest BCUT2D eigenvalue weighted by molar-refractivity contribution is 7.89. The molecule has 0 aliphatic heterocycles. The zero-order valence-corrected chi connectivity index (χ0v) is 11.8. The van der Waals surface area contributed by atoms with E-state index in [0.717, 1.165) is 0 Å². The molecular weight excluding hydrogens is 280 g/mol. The van der Waals surface area contributed by atoms with Crippen LogP contribution in [0.25, 0.3) is 0 Å². The highest BCUT2D eigenvalue weighted by atomic mass is 32.2. The second-order valence-electron chi connectivity index (χ2n) is 4.18. The number of aromatic amines is 1. The van der Waals surface area contributed by atoms with Crippen molar-refractivity contribution in [2.24, 2.45) is 0 Å². The van der Waals surface area contributed by atoms with Crippen molar-refractivity contribution in [2.75, 3.05) is 18.9 Å². The number of nitrogens with two attached hydrogens (primary N) is 1. The lowest BCUT2D eigenvalue weighted by molar-refractivity contribution is 0.323. The van der Waals surface area contributed by atoms with Gasteiger partial charge in [0.1, 0.15) is 17.3 Å². The summed E-state index contributed by atoms with van der Waals surface area (Å²) in [6, 6.07) is 6.95. The average molecular weight is 296 g/mol. The van der Waals surface area contributed by atoms with E-state index in [-0.39, 0.29) is 18.0 Å². The van der Waals surface area contributed by atoms with Crippen molar-refractivity contribution in [1.82, 2.24) is 14.9 Å². The molecule has 0 fully saturated rings. The predicted molar refractivity (Wildman–Crippen MR) is 74.9 cm³/mol. The number of anilines is 1. The molecule has 0 radical (unpaired) electrons. The monoisotopic (exact) mass is 296 g/mol. The summed E-state index contributed by atoms with van der Waals surface area (Å²) in [7, 11) is -3.56. The Balaban J connectivity index is 1.86. The van der Waals surface area contributed by atoms with Crippen molar-refractivity contribution in [3.05, 3.63) is 36.2 Å². The van der Waals surface area contributed by atoms with Crippen LogP contribution in [0.2, 0.25) is 0 Å². The number of rotatable bonds is 6. The summed E-state index contributed by atoms with van der Waals surface area (Å²) in [5, 5.41) is 6.27. The molecule has 0 saturated heterocycles. The van der Waals surface area contributed by atoms with Crippen molar-refractivity contribution in [3.63, 3.8) is 0 Å². The van der Waals surface area contributed by atoms with Crippen LogP contribution in [0.5, 0.6) is 5.75 Å². The SMILES string of the molecule is Cc1[nH]ncc1S(=O)(=O)NCCOc1cccc(N)c1. The third-order valence-electron chi connectivity index (χ3n) is 2.59. The Labute approximate surface area is 117 Å². The van der Waals surface area contributed by atoms with Crippen LogP contribution >= 0.6 is 0 Å². The zero-order chi connectivity index (χ0) is 14.6. The molecule has 0 aliphatic rings. The summed E-state index contributed by atoms with van der Waals surface area (Å²) in [6.07, 6.45) is 1.27. The maximum absolute atomic E-state index is 11.9. The molecule has 1 aromatic heterocycles. The van der Waals surface area contributed by atoms with E-state index < -0.39 is 10.0 Å². The topological polar surface area (TPSA) is 110 Å². The average Bonchev–Trinajstić information content (AvgIpc) is 2.82. The van der Waals surface area contributed by atoms with Gasteiger partial charge < -0.3 is 10.5 Å². The van der Waals surface area contributed by atoms with Crippen LogP contribution in [-0.4, -0.2) is 31.8 Å². The van der Waals surface area contributed by atoms with Gasteiger partial charge in [-0.1, -0.05) is 6.07 Å². The number of ether oxygens (including phenoxy) is 1. The van der Waals surface area contributed by atoms with Crippen LogP contribution in [0, 0.1) is 6.92 Å². The van der Waals surface area contributed by atoms with Crippen LogP contribution in [0.4, 0.5) is 5.69 Å². The van der Waals surface area contributed by atoms with Gasteiger partial charge in [-0.15, -0.1) is 0 Å². The Morgan fingerprint density at radius 3 is 2.90 bits per heavy atom. The van der Waals surface area contributed by atoms with Gasteiger partial charge in [-0.25, -0.2) is 13.1 Å². The van der Waals surface area contributed by atoms with E-state index >= 15 is 0 Å².